The maximum absolute atomic E-state index is 11.7. The standard InChI is InChI=1S/C13H9NO4/c15-13(8-7-12-2-1-9-18-12)10-3-5-11(6-4-10)14(16)17/h1-9H/b8-7+. The van der Waals surface area contributed by atoms with Crippen molar-refractivity contribution in [2.75, 3.05) is 0 Å². The molecule has 0 fully saturated rings. The molecule has 0 bridgehead atoms. The molecule has 5 nitrogen and oxygen atoms in total. The van der Waals surface area contributed by atoms with Crippen LogP contribution in [-0.4, -0.2) is 10.7 Å². The van der Waals surface area contributed by atoms with E-state index in [2.05, 4.69) is 0 Å². The number of non-ortho nitro benzene ring substituents is 1. The summed E-state index contributed by atoms with van der Waals surface area (Å²) >= 11 is 0. The lowest BCUT2D eigenvalue weighted by Crippen LogP contribution is -1.95. The van der Waals surface area contributed by atoms with Gasteiger partial charge in [-0.05, 0) is 36.4 Å². The third-order valence-electron chi connectivity index (χ3n) is 2.30. The number of nitro groups is 1. The Morgan fingerprint density at radius 2 is 1.94 bits per heavy atom. The fourth-order valence-electron chi connectivity index (χ4n) is 1.39. The fraction of sp³-hybridized carbons (Fsp3) is 0. The van der Waals surface area contributed by atoms with Gasteiger partial charge >= 0.3 is 0 Å². The van der Waals surface area contributed by atoms with Crippen LogP contribution >= 0.6 is 0 Å². The predicted octanol–water partition coefficient (Wildman–Crippen LogP) is 3.08. The van der Waals surface area contributed by atoms with Crippen molar-refractivity contribution in [2.24, 2.45) is 0 Å². The van der Waals surface area contributed by atoms with Gasteiger partial charge in [-0.2, -0.15) is 0 Å². The largest absolute Gasteiger partial charge is 0.465 e. The lowest BCUT2D eigenvalue weighted by Gasteiger charge is -1.95. The van der Waals surface area contributed by atoms with Crippen LogP contribution in [0.3, 0.4) is 0 Å². The molecule has 0 spiro atoms. The summed E-state index contributed by atoms with van der Waals surface area (Å²) in [6.07, 6.45) is 4.42. The van der Waals surface area contributed by atoms with E-state index in [0.717, 1.165) is 0 Å². The lowest BCUT2D eigenvalue weighted by molar-refractivity contribution is -0.384. The van der Waals surface area contributed by atoms with E-state index in [-0.39, 0.29) is 11.5 Å². The van der Waals surface area contributed by atoms with Crippen LogP contribution in [0.25, 0.3) is 6.08 Å². The highest BCUT2D eigenvalue weighted by molar-refractivity contribution is 6.06. The highest BCUT2D eigenvalue weighted by atomic mass is 16.6. The van der Waals surface area contributed by atoms with Gasteiger partial charge in [0.15, 0.2) is 5.78 Å². The molecule has 5 heteroatoms. The zero-order valence-electron chi connectivity index (χ0n) is 9.28. The summed E-state index contributed by atoms with van der Waals surface area (Å²) in [5, 5.41) is 10.5. The Balaban J connectivity index is 2.12. The molecule has 0 amide bonds. The minimum atomic E-state index is -0.507. The Morgan fingerprint density at radius 3 is 2.50 bits per heavy atom. The molecule has 1 aromatic heterocycles. The first-order chi connectivity index (χ1) is 8.66. The van der Waals surface area contributed by atoms with Crippen molar-refractivity contribution in [1.29, 1.82) is 0 Å². The molecule has 0 unspecified atom stereocenters. The predicted molar refractivity (Wildman–Crippen MR) is 65.2 cm³/mol. The van der Waals surface area contributed by atoms with Crippen LogP contribution in [0.15, 0.2) is 53.2 Å². The van der Waals surface area contributed by atoms with E-state index < -0.39 is 4.92 Å². The topological polar surface area (TPSA) is 73.3 Å². The maximum atomic E-state index is 11.7. The monoisotopic (exact) mass is 243 g/mol. The van der Waals surface area contributed by atoms with E-state index in [9.17, 15) is 14.9 Å². The van der Waals surface area contributed by atoms with Gasteiger partial charge in [-0.25, -0.2) is 0 Å². The van der Waals surface area contributed by atoms with Crippen LogP contribution < -0.4 is 0 Å². The molecular formula is C13H9NO4. The SMILES string of the molecule is O=C(/C=C/c1ccco1)c1ccc([N+](=O)[O-])cc1. The zero-order valence-corrected chi connectivity index (χ0v) is 9.28. The molecule has 1 heterocycles. The molecule has 18 heavy (non-hydrogen) atoms. The van der Waals surface area contributed by atoms with E-state index in [0.29, 0.717) is 11.3 Å². The van der Waals surface area contributed by atoms with Crippen LogP contribution in [0.2, 0.25) is 0 Å². The minimum absolute atomic E-state index is 0.0402. The van der Waals surface area contributed by atoms with E-state index in [1.807, 2.05) is 0 Å². The van der Waals surface area contributed by atoms with Gasteiger partial charge in [-0.15, -0.1) is 0 Å². The second-order valence-electron chi connectivity index (χ2n) is 3.52. The molecule has 2 rings (SSSR count). The molecular weight excluding hydrogens is 234 g/mol. The van der Waals surface area contributed by atoms with Crippen molar-refractivity contribution in [3.05, 3.63) is 70.2 Å². The molecule has 0 saturated heterocycles. The van der Waals surface area contributed by atoms with Gasteiger partial charge in [-0.3, -0.25) is 14.9 Å². The molecule has 0 radical (unpaired) electrons. The number of carbonyl (C=O) groups excluding carboxylic acids is 1. The highest BCUT2D eigenvalue weighted by Crippen LogP contribution is 2.13. The Hall–Kier alpha value is -2.69. The van der Waals surface area contributed by atoms with Crippen molar-refractivity contribution in [2.45, 2.75) is 0 Å². The van der Waals surface area contributed by atoms with Crippen LogP contribution in [0.5, 0.6) is 0 Å². The number of nitrogens with zero attached hydrogens (tertiary/aromatic N) is 1. The number of carbonyl (C=O) groups is 1. The van der Waals surface area contributed by atoms with Crippen molar-refractivity contribution in [1.82, 2.24) is 0 Å². The summed E-state index contributed by atoms with van der Waals surface area (Å²) in [6.45, 7) is 0. The summed E-state index contributed by atoms with van der Waals surface area (Å²) in [7, 11) is 0. The lowest BCUT2D eigenvalue weighted by atomic mass is 10.1. The molecule has 0 saturated carbocycles. The summed E-state index contributed by atoms with van der Waals surface area (Å²) in [5.74, 6) is 0.339. The van der Waals surface area contributed by atoms with Crippen molar-refractivity contribution >= 4 is 17.5 Å². The van der Waals surface area contributed by atoms with Gasteiger partial charge in [0.25, 0.3) is 5.69 Å². The van der Waals surface area contributed by atoms with Gasteiger partial charge < -0.3 is 4.42 Å². The molecule has 2 aromatic rings. The first-order valence-corrected chi connectivity index (χ1v) is 5.17. The number of benzene rings is 1. The third kappa shape index (κ3) is 2.70. The van der Waals surface area contributed by atoms with E-state index in [4.69, 9.17) is 4.42 Å². The van der Waals surface area contributed by atoms with Gasteiger partial charge in [0, 0.05) is 17.7 Å². The van der Waals surface area contributed by atoms with Crippen molar-refractivity contribution < 1.29 is 14.1 Å². The quantitative estimate of drug-likeness (QED) is 0.358. The summed E-state index contributed by atoms with van der Waals surface area (Å²) in [6, 6.07) is 8.89. The zero-order chi connectivity index (χ0) is 13.0. The Bertz CT molecular complexity index is 582. The smallest absolute Gasteiger partial charge is 0.269 e. The van der Waals surface area contributed by atoms with Crippen LogP contribution in [0, 0.1) is 10.1 Å². The summed E-state index contributed by atoms with van der Waals surface area (Å²) in [5.41, 5.74) is 0.352. The minimum Gasteiger partial charge on any atom is -0.465 e. The number of hydrogen-bond acceptors (Lipinski definition) is 4. The van der Waals surface area contributed by atoms with Crippen LogP contribution in [0.1, 0.15) is 16.1 Å². The maximum Gasteiger partial charge on any atom is 0.269 e. The molecule has 90 valence electrons. The van der Waals surface area contributed by atoms with Crippen molar-refractivity contribution in [3.63, 3.8) is 0 Å². The number of nitro benzene ring substituents is 1. The fourth-order valence-corrected chi connectivity index (χ4v) is 1.39. The molecule has 0 atom stereocenters. The molecule has 1 aromatic carbocycles. The van der Waals surface area contributed by atoms with Gasteiger partial charge in [-0.1, -0.05) is 0 Å². The second-order valence-corrected chi connectivity index (χ2v) is 3.52. The third-order valence-corrected chi connectivity index (χ3v) is 2.30. The average molecular weight is 243 g/mol. The van der Waals surface area contributed by atoms with Crippen molar-refractivity contribution in [3.8, 4) is 0 Å². The number of hydrogen-bond donors (Lipinski definition) is 0. The Morgan fingerprint density at radius 1 is 1.22 bits per heavy atom. The molecule has 0 aliphatic rings. The number of furan rings is 1. The van der Waals surface area contributed by atoms with Gasteiger partial charge in [0.05, 0.1) is 11.2 Å². The summed E-state index contributed by atoms with van der Waals surface area (Å²) < 4.78 is 5.04. The van der Waals surface area contributed by atoms with Gasteiger partial charge in [0.1, 0.15) is 5.76 Å². The first kappa shape index (κ1) is 11.8. The van der Waals surface area contributed by atoms with Crippen LogP contribution in [0.4, 0.5) is 5.69 Å². The van der Waals surface area contributed by atoms with E-state index >= 15 is 0 Å². The van der Waals surface area contributed by atoms with Gasteiger partial charge in [0.2, 0.25) is 0 Å². The Kier molecular flexibility index (Phi) is 3.33. The summed E-state index contributed by atoms with van der Waals surface area (Å²) in [4.78, 5) is 21.7. The molecule has 0 N–H and O–H groups in total. The first-order valence-electron chi connectivity index (χ1n) is 5.17. The van der Waals surface area contributed by atoms with E-state index in [1.54, 1.807) is 18.2 Å². The van der Waals surface area contributed by atoms with E-state index in [1.165, 1.54) is 36.6 Å². The Labute approximate surface area is 103 Å². The molecule has 0 aliphatic carbocycles. The number of ketones is 1. The second kappa shape index (κ2) is 5.09. The number of allylic oxidation sites excluding steroid dienone is 1. The van der Waals surface area contributed by atoms with Crippen LogP contribution in [-0.2, 0) is 0 Å². The normalized spacial score (nSPS) is 10.7. The molecule has 0 aliphatic heterocycles. The highest BCUT2D eigenvalue weighted by Gasteiger charge is 2.07. The number of rotatable bonds is 4. The average Bonchev–Trinajstić information content (AvgIpc) is 2.89.